The zero-order valence-corrected chi connectivity index (χ0v) is 14.3. The molecular weight excluding hydrogens is 336 g/mol. The van der Waals surface area contributed by atoms with Crippen LogP contribution in [0.25, 0.3) is 0 Å². The van der Waals surface area contributed by atoms with E-state index < -0.39 is 4.92 Å². The number of nitriles is 1. The summed E-state index contributed by atoms with van der Waals surface area (Å²) in [6.45, 7) is 2.11. The number of benzene rings is 1. The zero-order chi connectivity index (χ0) is 17.4. The molecule has 3 aliphatic heterocycles. The molecule has 0 spiro atoms. The second-order valence-electron chi connectivity index (χ2n) is 6.33. The van der Waals surface area contributed by atoms with E-state index in [-0.39, 0.29) is 5.69 Å². The number of thioether (sulfide) groups is 1. The summed E-state index contributed by atoms with van der Waals surface area (Å²) in [5, 5.41) is 21.0. The molecule has 3 aliphatic rings. The summed E-state index contributed by atoms with van der Waals surface area (Å²) in [5.41, 5.74) is 3.92. The van der Waals surface area contributed by atoms with E-state index in [1.807, 2.05) is 6.07 Å². The molecule has 1 saturated heterocycles. The van der Waals surface area contributed by atoms with Gasteiger partial charge in [-0.3, -0.25) is 10.1 Å². The highest BCUT2D eigenvalue weighted by Crippen LogP contribution is 2.43. The van der Waals surface area contributed by atoms with Crippen molar-refractivity contribution >= 4 is 23.1 Å². The molecule has 1 aromatic heterocycles. The summed E-state index contributed by atoms with van der Waals surface area (Å²) in [6.07, 6.45) is 2.27. The molecule has 0 atom stereocenters. The van der Waals surface area contributed by atoms with Crippen molar-refractivity contribution < 1.29 is 4.92 Å². The third kappa shape index (κ3) is 2.94. The van der Waals surface area contributed by atoms with E-state index >= 15 is 0 Å². The van der Waals surface area contributed by atoms with Gasteiger partial charge in [-0.1, -0.05) is 12.1 Å². The van der Waals surface area contributed by atoms with E-state index in [1.165, 1.54) is 23.9 Å². The number of non-ortho nitro benzene ring substituents is 1. The first-order valence-corrected chi connectivity index (χ1v) is 9.20. The summed E-state index contributed by atoms with van der Waals surface area (Å²) in [7, 11) is 0. The van der Waals surface area contributed by atoms with E-state index in [1.54, 1.807) is 12.1 Å². The Bertz CT molecular complexity index is 868. The lowest BCUT2D eigenvalue weighted by Gasteiger charge is -2.41. The van der Waals surface area contributed by atoms with Crippen molar-refractivity contribution in [2.24, 2.45) is 0 Å². The van der Waals surface area contributed by atoms with E-state index in [9.17, 15) is 15.4 Å². The fourth-order valence-electron chi connectivity index (χ4n) is 3.50. The Labute approximate surface area is 149 Å². The van der Waals surface area contributed by atoms with Crippen LogP contribution in [0.2, 0.25) is 0 Å². The third-order valence-corrected chi connectivity index (χ3v) is 5.92. The molecule has 2 aromatic rings. The van der Waals surface area contributed by atoms with Crippen molar-refractivity contribution in [3.05, 3.63) is 57.3 Å². The fourth-order valence-corrected chi connectivity index (χ4v) is 4.42. The van der Waals surface area contributed by atoms with Gasteiger partial charge in [0.1, 0.15) is 11.1 Å². The predicted octanol–water partition coefficient (Wildman–Crippen LogP) is 3.85. The maximum Gasteiger partial charge on any atom is 0.269 e. The van der Waals surface area contributed by atoms with Crippen molar-refractivity contribution in [3.8, 4) is 6.07 Å². The van der Waals surface area contributed by atoms with Gasteiger partial charge in [0.05, 0.1) is 21.9 Å². The zero-order valence-electron chi connectivity index (χ0n) is 13.5. The maximum atomic E-state index is 10.7. The number of nitrogens with zero attached hydrogens (tertiary/aromatic N) is 4. The molecule has 0 unspecified atom stereocenters. The van der Waals surface area contributed by atoms with Crippen LogP contribution in [0, 0.1) is 21.4 Å². The quantitative estimate of drug-likeness (QED) is 0.472. The number of anilines is 1. The minimum atomic E-state index is -0.403. The van der Waals surface area contributed by atoms with Crippen molar-refractivity contribution in [2.45, 2.75) is 29.5 Å². The van der Waals surface area contributed by atoms with Gasteiger partial charge < -0.3 is 4.90 Å². The number of hydrogen-bond acceptors (Lipinski definition) is 6. The van der Waals surface area contributed by atoms with Crippen LogP contribution < -0.4 is 4.90 Å². The highest BCUT2D eigenvalue weighted by atomic mass is 32.2. The lowest BCUT2D eigenvalue weighted by molar-refractivity contribution is -0.384. The molecule has 0 radical (unpaired) electrons. The van der Waals surface area contributed by atoms with Gasteiger partial charge in [0.2, 0.25) is 0 Å². The first-order valence-electron chi connectivity index (χ1n) is 8.22. The van der Waals surface area contributed by atoms with Crippen molar-refractivity contribution in [3.63, 3.8) is 0 Å². The Hall–Kier alpha value is -2.59. The molecule has 0 aliphatic carbocycles. The van der Waals surface area contributed by atoms with Crippen LogP contribution in [0.5, 0.6) is 0 Å². The Morgan fingerprint density at radius 2 is 2.04 bits per heavy atom. The van der Waals surface area contributed by atoms with E-state index in [0.29, 0.717) is 17.2 Å². The second kappa shape index (κ2) is 6.37. The van der Waals surface area contributed by atoms with Crippen molar-refractivity contribution in [1.29, 1.82) is 5.26 Å². The van der Waals surface area contributed by atoms with Crippen LogP contribution in [0.4, 0.5) is 11.4 Å². The summed E-state index contributed by atoms with van der Waals surface area (Å²) in [6, 6.07) is 10.8. The predicted molar refractivity (Wildman–Crippen MR) is 95.8 cm³/mol. The van der Waals surface area contributed by atoms with Gasteiger partial charge in [-0.15, -0.1) is 11.8 Å². The molecule has 7 heteroatoms. The van der Waals surface area contributed by atoms with E-state index in [2.05, 4.69) is 11.0 Å². The van der Waals surface area contributed by atoms with Crippen LogP contribution in [-0.2, 0) is 5.75 Å². The molecule has 1 aromatic carbocycles. The van der Waals surface area contributed by atoms with Gasteiger partial charge in [-0.25, -0.2) is 4.98 Å². The normalized spacial score (nSPS) is 15.7. The van der Waals surface area contributed by atoms with Crippen LogP contribution in [0.1, 0.15) is 35.6 Å². The molecule has 25 heavy (non-hydrogen) atoms. The standard InChI is InChI=1S/C18H16N4O2S/c19-10-14-9-16-17(13-5-7-21(16)8-6-13)20-18(14)25-11-12-1-3-15(4-2-12)22(23)24/h1-4,9,13H,5-8,11H2. The topological polar surface area (TPSA) is 83.1 Å². The van der Waals surface area contributed by atoms with Crippen LogP contribution in [0.3, 0.4) is 0 Å². The maximum absolute atomic E-state index is 10.7. The number of piperidine rings is 1. The molecule has 5 rings (SSSR count). The summed E-state index contributed by atoms with van der Waals surface area (Å²) < 4.78 is 0. The van der Waals surface area contributed by atoms with Crippen LogP contribution >= 0.6 is 11.8 Å². The molecular formula is C18H16N4O2S. The van der Waals surface area contributed by atoms with Gasteiger partial charge in [0.15, 0.2) is 0 Å². The number of rotatable bonds is 4. The van der Waals surface area contributed by atoms with Gasteiger partial charge in [-0.05, 0) is 24.5 Å². The average Bonchev–Trinajstić information content (AvgIpc) is 2.67. The Balaban J connectivity index is 1.57. The van der Waals surface area contributed by atoms with Crippen molar-refractivity contribution in [1.82, 2.24) is 4.98 Å². The summed E-state index contributed by atoms with van der Waals surface area (Å²) >= 11 is 1.52. The summed E-state index contributed by atoms with van der Waals surface area (Å²) in [5.74, 6) is 1.14. The molecule has 0 saturated carbocycles. The average molecular weight is 352 g/mol. The van der Waals surface area contributed by atoms with E-state index in [4.69, 9.17) is 4.98 Å². The van der Waals surface area contributed by atoms with Crippen LogP contribution in [0.15, 0.2) is 35.4 Å². The first-order chi connectivity index (χ1) is 12.2. The molecule has 1 fully saturated rings. The molecule has 0 amide bonds. The largest absolute Gasteiger partial charge is 0.370 e. The van der Waals surface area contributed by atoms with Gasteiger partial charge >= 0.3 is 0 Å². The highest BCUT2D eigenvalue weighted by Gasteiger charge is 2.33. The Morgan fingerprint density at radius 3 is 2.68 bits per heavy atom. The number of pyridine rings is 1. The number of nitro benzene ring substituents is 1. The monoisotopic (exact) mass is 352 g/mol. The van der Waals surface area contributed by atoms with Crippen LogP contribution in [-0.4, -0.2) is 23.0 Å². The lowest BCUT2D eigenvalue weighted by atomic mass is 9.86. The van der Waals surface area contributed by atoms with E-state index in [0.717, 1.165) is 47.9 Å². The van der Waals surface area contributed by atoms with Gasteiger partial charge in [0.25, 0.3) is 5.69 Å². The van der Waals surface area contributed by atoms with Gasteiger partial charge in [-0.2, -0.15) is 5.26 Å². The SMILES string of the molecule is N#Cc1cc2c(nc1SCc1ccc([N+](=O)[O-])cc1)C1CCN2CC1. The first kappa shape index (κ1) is 15.9. The molecule has 4 heterocycles. The van der Waals surface area contributed by atoms with Gasteiger partial charge in [0, 0.05) is 36.9 Å². The Kier molecular flexibility index (Phi) is 4.06. The third-order valence-electron chi connectivity index (χ3n) is 4.86. The second-order valence-corrected chi connectivity index (χ2v) is 7.29. The Morgan fingerprint density at radius 1 is 1.32 bits per heavy atom. The molecule has 126 valence electrons. The number of nitro groups is 1. The smallest absolute Gasteiger partial charge is 0.269 e. The summed E-state index contributed by atoms with van der Waals surface area (Å²) in [4.78, 5) is 17.5. The number of aromatic nitrogens is 1. The molecule has 6 nitrogen and oxygen atoms in total. The highest BCUT2D eigenvalue weighted by molar-refractivity contribution is 7.98. The number of hydrogen-bond donors (Lipinski definition) is 0. The van der Waals surface area contributed by atoms with Crippen molar-refractivity contribution in [2.75, 3.05) is 18.0 Å². The minimum Gasteiger partial charge on any atom is -0.370 e. The minimum absolute atomic E-state index is 0.0865. The lowest BCUT2D eigenvalue weighted by Crippen LogP contribution is -2.39. The molecule has 0 N–H and O–H groups in total. The molecule has 2 bridgehead atoms. The number of fused-ring (bicyclic) bond motifs is 2. The fraction of sp³-hybridized carbons (Fsp3) is 0.333.